The Balaban J connectivity index is 1.55. The molecule has 0 amide bonds. The third kappa shape index (κ3) is 2.20. The zero-order valence-corrected chi connectivity index (χ0v) is 13.2. The highest BCUT2D eigenvalue weighted by Crippen LogP contribution is 2.59. The van der Waals surface area contributed by atoms with Gasteiger partial charge < -0.3 is 14.6 Å². The van der Waals surface area contributed by atoms with Crippen LogP contribution in [0.25, 0.3) is 0 Å². The molecule has 8 heteroatoms. The monoisotopic (exact) mass is 339 g/mol. The van der Waals surface area contributed by atoms with Crippen molar-refractivity contribution in [1.29, 1.82) is 0 Å². The number of hydrogen-bond acceptors (Lipinski definition) is 5. The van der Waals surface area contributed by atoms with Gasteiger partial charge in [-0.15, -0.1) is 0 Å². The molecule has 1 N–H and O–H groups in total. The Morgan fingerprint density at radius 1 is 1.26 bits per heavy atom. The molecule has 2 heterocycles. The quantitative estimate of drug-likeness (QED) is 0.892. The number of para-hydroxylation sites is 1. The highest BCUT2D eigenvalue weighted by atomic mass is 32.2. The third-order valence-corrected chi connectivity index (χ3v) is 7.11. The van der Waals surface area contributed by atoms with Gasteiger partial charge in [-0.3, -0.25) is 4.79 Å². The summed E-state index contributed by atoms with van der Waals surface area (Å²) >= 11 is 0. The van der Waals surface area contributed by atoms with Gasteiger partial charge in [0, 0.05) is 13.1 Å². The minimum Gasteiger partial charge on any atom is -0.481 e. The van der Waals surface area contributed by atoms with Crippen LogP contribution in [0.2, 0.25) is 0 Å². The maximum Gasteiger partial charge on any atom is 0.307 e. The average Bonchev–Trinajstić information content (AvgIpc) is 3.02. The number of rotatable bonds is 3. The molecule has 2 aliphatic heterocycles. The fraction of sp³-hybridized carbons (Fsp3) is 0.533. The van der Waals surface area contributed by atoms with Crippen molar-refractivity contribution in [2.75, 3.05) is 19.9 Å². The van der Waals surface area contributed by atoms with Crippen LogP contribution in [0.1, 0.15) is 19.3 Å². The lowest BCUT2D eigenvalue weighted by Crippen LogP contribution is -2.40. The van der Waals surface area contributed by atoms with Crippen molar-refractivity contribution in [2.45, 2.75) is 24.2 Å². The Kier molecular flexibility index (Phi) is 3.11. The van der Waals surface area contributed by atoms with E-state index in [0.717, 1.165) is 0 Å². The molecule has 124 valence electrons. The highest BCUT2D eigenvalue weighted by molar-refractivity contribution is 7.89. The van der Waals surface area contributed by atoms with Gasteiger partial charge in [-0.1, -0.05) is 6.07 Å². The molecule has 0 aromatic heterocycles. The number of aliphatic carboxylic acids is 1. The fourth-order valence-electron chi connectivity index (χ4n) is 3.67. The van der Waals surface area contributed by atoms with E-state index in [1.807, 2.05) is 0 Å². The largest absolute Gasteiger partial charge is 0.481 e. The molecular weight excluding hydrogens is 322 g/mol. The molecule has 23 heavy (non-hydrogen) atoms. The van der Waals surface area contributed by atoms with Crippen LogP contribution in [0.3, 0.4) is 0 Å². The highest BCUT2D eigenvalue weighted by Gasteiger charge is 2.59. The van der Waals surface area contributed by atoms with Crippen LogP contribution < -0.4 is 9.47 Å². The summed E-state index contributed by atoms with van der Waals surface area (Å²) in [6.07, 6.45) is 1.85. The van der Waals surface area contributed by atoms with Crippen molar-refractivity contribution in [1.82, 2.24) is 4.31 Å². The second kappa shape index (κ2) is 4.85. The summed E-state index contributed by atoms with van der Waals surface area (Å²) in [7, 11) is -3.67. The van der Waals surface area contributed by atoms with E-state index in [1.165, 1.54) is 10.4 Å². The molecule has 3 aliphatic rings. The lowest BCUT2D eigenvalue weighted by atomic mass is 9.92. The first-order chi connectivity index (χ1) is 10.9. The van der Waals surface area contributed by atoms with Gasteiger partial charge in [0.1, 0.15) is 4.90 Å². The normalized spacial score (nSPS) is 25.5. The zero-order valence-electron chi connectivity index (χ0n) is 12.4. The number of ether oxygens (including phenoxy) is 2. The molecule has 1 spiro atoms. The third-order valence-electron chi connectivity index (χ3n) is 5.18. The van der Waals surface area contributed by atoms with Crippen LogP contribution in [-0.2, 0) is 14.8 Å². The van der Waals surface area contributed by atoms with Crippen LogP contribution in [0, 0.1) is 11.3 Å². The summed E-state index contributed by atoms with van der Waals surface area (Å²) < 4.78 is 37.7. The van der Waals surface area contributed by atoms with Crippen LogP contribution >= 0.6 is 0 Å². The second-order valence-corrected chi connectivity index (χ2v) is 8.26. The summed E-state index contributed by atoms with van der Waals surface area (Å²) in [5.41, 5.74) is -0.198. The molecule has 7 nitrogen and oxygen atoms in total. The Bertz CT molecular complexity index is 766. The summed E-state index contributed by atoms with van der Waals surface area (Å²) in [4.78, 5) is 11.2. The van der Waals surface area contributed by atoms with Crippen molar-refractivity contribution in [3.05, 3.63) is 18.2 Å². The first kappa shape index (κ1) is 14.8. The molecule has 0 bridgehead atoms. The number of piperidine rings is 1. The van der Waals surface area contributed by atoms with Crippen LogP contribution in [-0.4, -0.2) is 43.7 Å². The number of nitrogens with zero attached hydrogens (tertiary/aromatic N) is 1. The topological polar surface area (TPSA) is 93.1 Å². The van der Waals surface area contributed by atoms with Crippen LogP contribution in [0.5, 0.6) is 11.5 Å². The Labute approximate surface area is 133 Å². The number of carboxylic acid groups (broad SMARTS) is 1. The van der Waals surface area contributed by atoms with E-state index in [2.05, 4.69) is 0 Å². The summed E-state index contributed by atoms with van der Waals surface area (Å²) in [5, 5.41) is 9.12. The number of carbonyl (C=O) groups is 1. The molecule has 1 saturated heterocycles. The molecule has 1 aromatic rings. The number of benzene rings is 1. The first-order valence-corrected chi connectivity index (χ1v) is 9.00. The van der Waals surface area contributed by atoms with E-state index >= 15 is 0 Å². The lowest BCUT2D eigenvalue weighted by molar-refractivity contribution is -0.139. The van der Waals surface area contributed by atoms with Gasteiger partial charge >= 0.3 is 5.97 Å². The van der Waals surface area contributed by atoms with E-state index in [1.54, 1.807) is 12.1 Å². The van der Waals surface area contributed by atoms with E-state index in [-0.39, 0.29) is 28.8 Å². The van der Waals surface area contributed by atoms with Gasteiger partial charge in [-0.05, 0) is 36.8 Å². The van der Waals surface area contributed by atoms with Crippen molar-refractivity contribution in [3.8, 4) is 11.5 Å². The minimum atomic E-state index is -3.67. The standard InChI is InChI=1S/C15H17NO6S/c17-14(18)10-8-15(10)4-6-16(7-5-15)23(19,20)12-3-1-2-11-13(12)22-9-21-11/h1-3,10H,4-9H2,(H,17,18). The molecule has 1 saturated carbocycles. The van der Waals surface area contributed by atoms with Gasteiger partial charge in [-0.2, -0.15) is 4.31 Å². The SMILES string of the molecule is O=C(O)C1CC12CCN(S(=O)(=O)c1cccc3c1OCO3)CC2. The Morgan fingerprint density at radius 2 is 2.00 bits per heavy atom. The lowest BCUT2D eigenvalue weighted by Gasteiger charge is -2.31. The van der Waals surface area contributed by atoms with Gasteiger partial charge in [0.05, 0.1) is 5.92 Å². The number of carboxylic acids is 1. The van der Waals surface area contributed by atoms with Crippen molar-refractivity contribution in [3.63, 3.8) is 0 Å². The number of fused-ring (bicyclic) bond motifs is 1. The molecule has 1 aliphatic carbocycles. The predicted molar refractivity (Wildman–Crippen MR) is 78.7 cm³/mol. The van der Waals surface area contributed by atoms with Crippen LogP contribution in [0.15, 0.2) is 23.1 Å². The van der Waals surface area contributed by atoms with Crippen molar-refractivity contribution >= 4 is 16.0 Å². The van der Waals surface area contributed by atoms with E-state index in [0.29, 0.717) is 38.1 Å². The molecule has 4 rings (SSSR count). The van der Waals surface area contributed by atoms with Gasteiger partial charge in [0.15, 0.2) is 11.5 Å². The Morgan fingerprint density at radius 3 is 2.65 bits per heavy atom. The molecule has 1 unspecified atom stereocenters. The van der Waals surface area contributed by atoms with Crippen LogP contribution in [0.4, 0.5) is 0 Å². The van der Waals surface area contributed by atoms with E-state index in [9.17, 15) is 13.2 Å². The maximum atomic E-state index is 12.9. The van der Waals surface area contributed by atoms with Crippen molar-refractivity contribution in [2.24, 2.45) is 11.3 Å². The van der Waals surface area contributed by atoms with Gasteiger partial charge in [-0.25, -0.2) is 8.42 Å². The molecule has 0 radical (unpaired) electrons. The smallest absolute Gasteiger partial charge is 0.307 e. The molecular formula is C15H17NO6S. The number of sulfonamides is 1. The van der Waals surface area contributed by atoms with Crippen molar-refractivity contribution < 1.29 is 27.8 Å². The second-order valence-electron chi connectivity index (χ2n) is 6.35. The predicted octanol–water partition coefficient (Wildman–Crippen LogP) is 1.29. The Hall–Kier alpha value is -1.80. The van der Waals surface area contributed by atoms with Gasteiger partial charge in [0.25, 0.3) is 0 Å². The van der Waals surface area contributed by atoms with E-state index in [4.69, 9.17) is 14.6 Å². The molecule has 2 fully saturated rings. The maximum absolute atomic E-state index is 12.9. The summed E-state index contributed by atoms with van der Waals surface area (Å²) in [5.74, 6) is -0.381. The first-order valence-electron chi connectivity index (χ1n) is 7.56. The molecule has 1 atom stereocenters. The molecule has 1 aromatic carbocycles. The summed E-state index contributed by atoms with van der Waals surface area (Å²) in [6.45, 7) is 0.707. The fourth-order valence-corrected chi connectivity index (χ4v) is 5.25. The zero-order chi connectivity index (χ0) is 16.2. The summed E-state index contributed by atoms with van der Waals surface area (Å²) in [6, 6.07) is 4.83. The minimum absolute atomic E-state index is 0.0191. The van der Waals surface area contributed by atoms with E-state index < -0.39 is 16.0 Å². The van der Waals surface area contributed by atoms with Gasteiger partial charge in [0.2, 0.25) is 16.8 Å². The number of hydrogen-bond donors (Lipinski definition) is 1. The average molecular weight is 339 g/mol.